The summed E-state index contributed by atoms with van der Waals surface area (Å²) in [6.07, 6.45) is 4.88. The van der Waals surface area contributed by atoms with E-state index in [1.54, 1.807) is 12.4 Å². The summed E-state index contributed by atoms with van der Waals surface area (Å²) >= 11 is 4.72. The number of aromatic nitrogens is 3. The van der Waals surface area contributed by atoms with Crippen molar-refractivity contribution in [2.45, 2.75) is 9.92 Å². The third-order valence-corrected chi connectivity index (χ3v) is 4.12. The van der Waals surface area contributed by atoms with Gasteiger partial charge in [-0.05, 0) is 40.2 Å². The van der Waals surface area contributed by atoms with E-state index in [9.17, 15) is 4.79 Å². The summed E-state index contributed by atoms with van der Waals surface area (Å²) in [5.41, 5.74) is 1.73. The van der Waals surface area contributed by atoms with E-state index in [1.165, 1.54) is 30.1 Å². The molecule has 21 heavy (non-hydrogen) atoms. The fourth-order valence-corrected chi connectivity index (χ4v) is 3.00. The summed E-state index contributed by atoms with van der Waals surface area (Å²) < 4.78 is 0.857. The minimum atomic E-state index is -0.971. The molecule has 0 atom stereocenters. The van der Waals surface area contributed by atoms with Crippen LogP contribution in [-0.4, -0.2) is 26.0 Å². The molecule has 0 aliphatic heterocycles. The summed E-state index contributed by atoms with van der Waals surface area (Å²) in [6, 6.07) is 6.72. The second kappa shape index (κ2) is 5.79. The zero-order valence-corrected chi connectivity index (χ0v) is 12.9. The van der Waals surface area contributed by atoms with Gasteiger partial charge in [0.05, 0.1) is 11.1 Å². The van der Waals surface area contributed by atoms with Crippen molar-refractivity contribution in [3.63, 3.8) is 0 Å². The van der Waals surface area contributed by atoms with Crippen molar-refractivity contribution >= 4 is 44.7 Å². The van der Waals surface area contributed by atoms with Crippen LogP contribution in [0.2, 0.25) is 0 Å². The summed E-state index contributed by atoms with van der Waals surface area (Å²) in [7, 11) is 0. The van der Waals surface area contributed by atoms with E-state index in [4.69, 9.17) is 5.11 Å². The van der Waals surface area contributed by atoms with Gasteiger partial charge in [0.2, 0.25) is 0 Å². The Balaban J connectivity index is 2.02. The number of nitrogens with zero attached hydrogens (tertiary/aromatic N) is 3. The maximum Gasteiger partial charge on any atom is 0.335 e. The number of aromatic carboxylic acids is 1. The third kappa shape index (κ3) is 3.03. The van der Waals surface area contributed by atoms with Gasteiger partial charge in [0.1, 0.15) is 10.5 Å². The number of halogens is 1. The fraction of sp³-hybridized carbons (Fsp3) is 0. The first kappa shape index (κ1) is 14.0. The van der Waals surface area contributed by atoms with Gasteiger partial charge in [-0.1, -0.05) is 11.8 Å². The van der Waals surface area contributed by atoms with E-state index < -0.39 is 5.97 Å². The highest BCUT2D eigenvalue weighted by atomic mass is 79.9. The van der Waals surface area contributed by atoms with Crippen molar-refractivity contribution in [3.8, 4) is 0 Å². The molecule has 5 nitrogen and oxygen atoms in total. The van der Waals surface area contributed by atoms with Gasteiger partial charge >= 0.3 is 5.97 Å². The number of carbonyl (C=O) groups is 1. The van der Waals surface area contributed by atoms with Crippen molar-refractivity contribution < 1.29 is 9.90 Å². The highest BCUT2D eigenvalue weighted by molar-refractivity contribution is 9.10. The van der Waals surface area contributed by atoms with Gasteiger partial charge in [-0.25, -0.2) is 9.78 Å². The molecule has 0 unspecified atom stereocenters. The number of carboxylic acid groups (broad SMARTS) is 1. The smallest absolute Gasteiger partial charge is 0.335 e. The highest BCUT2D eigenvalue weighted by Gasteiger charge is 2.09. The lowest BCUT2D eigenvalue weighted by Crippen LogP contribution is -1.96. The summed E-state index contributed by atoms with van der Waals surface area (Å²) in [5, 5.41) is 9.62. The van der Waals surface area contributed by atoms with Crippen LogP contribution in [0.4, 0.5) is 0 Å². The molecule has 0 aliphatic rings. The summed E-state index contributed by atoms with van der Waals surface area (Å²) in [6.45, 7) is 0. The molecule has 0 fully saturated rings. The largest absolute Gasteiger partial charge is 0.478 e. The Bertz CT molecular complexity index is 841. The summed E-state index contributed by atoms with van der Waals surface area (Å²) in [5.74, 6) is -0.971. The predicted molar refractivity (Wildman–Crippen MR) is 82.6 cm³/mol. The van der Waals surface area contributed by atoms with Crippen molar-refractivity contribution in [2.24, 2.45) is 0 Å². The summed E-state index contributed by atoms with van der Waals surface area (Å²) in [4.78, 5) is 24.7. The van der Waals surface area contributed by atoms with E-state index >= 15 is 0 Å². The Labute approximate surface area is 132 Å². The zero-order chi connectivity index (χ0) is 14.8. The van der Waals surface area contributed by atoms with Crippen LogP contribution in [0.25, 0.3) is 11.0 Å². The minimum absolute atomic E-state index is 0.210. The molecule has 0 aliphatic carbocycles. The number of rotatable bonds is 3. The van der Waals surface area contributed by atoms with E-state index in [2.05, 4.69) is 30.9 Å². The molecule has 0 aromatic carbocycles. The molecule has 0 saturated carbocycles. The van der Waals surface area contributed by atoms with Crippen molar-refractivity contribution in [3.05, 3.63) is 52.9 Å². The number of pyridine rings is 3. The van der Waals surface area contributed by atoms with Crippen molar-refractivity contribution in [1.29, 1.82) is 0 Å². The number of hydrogen-bond acceptors (Lipinski definition) is 5. The van der Waals surface area contributed by atoms with Crippen LogP contribution >= 0.6 is 27.7 Å². The molecule has 0 bridgehead atoms. The quantitative estimate of drug-likeness (QED) is 0.767. The van der Waals surface area contributed by atoms with Crippen LogP contribution in [0.3, 0.4) is 0 Å². The lowest BCUT2D eigenvalue weighted by atomic mass is 10.3. The molecule has 3 rings (SSSR count). The van der Waals surface area contributed by atoms with Gasteiger partial charge in [0.15, 0.2) is 0 Å². The average Bonchev–Trinajstić information content (AvgIpc) is 2.47. The Morgan fingerprint density at radius 1 is 1.14 bits per heavy atom. The molecule has 1 N–H and O–H groups in total. The first-order valence-electron chi connectivity index (χ1n) is 5.91. The second-order valence-electron chi connectivity index (χ2n) is 4.12. The van der Waals surface area contributed by atoms with Gasteiger partial charge in [-0.3, -0.25) is 9.97 Å². The van der Waals surface area contributed by atoms with Crippen LogP contribution in [0.1, 0.15) is 10.4 Å². The Morgan fingerprint density at radius 2 is 1.95 bits per heavy atom. The maximum atomic E-state index is 11.0. The van der Waals surface area contributed by atoms with Gasteiger partial charge < -0.3 is 5.11 Å². The van der Waals surface area contributed by atoms with Crippen LogP contribution in [0, 0.1) is 0 Å². The Kier molecular flexibility index (Phi) is 3.85. The minimum Gasteiger partial charge on any atom is -0.478 e. The standard InChI is InChI=1S/C14H8BrN3O2S/c15-9-6-10-13(18-7-9)11(2-4-16-10)21-12-5-8(14(19)20)1-3-17-12/h1-7H,(H,19,20). The lowest BCUT2D eigenvalue weighted by molar-refractivity contribution is 0.0696. The number of carboxylic acids is 1. The van der Waals surface area contributed by atoms with Crippen LogP contribution < -0.4 is 0 Å². The molecule has 104 valence electrons. The van der Waals surface area contributed by atoms with Crippen molar-refractivity contribution in [2.75, 3.05) is 0 Å². The Morgan fingerprint density at radius 3 is 2.76 bits per heavy atom. The maximum absolute atomic E-state index is 11.0. The molecule has 3 heterocycles. The lowest BCUT2D eigenvalue weighted by Gasteiger charge is -2.05. The molecule has 7 heteroatoms. The molecule has 0 saturated heterocycles. The zero-order valence-electron chi connectivity index (χ0n) is 10.5. The predicted octanol–water partition coefficient (Wildman–Crippen LogP) is 3.64. The SMILES string of the molecule is O=C(O)c1ccnc(Sc2ccnc3cc(Br)cnc23)c1. The Hall–Kier alpha value is -1.99. The topological polar surface area (TPSA) is 76.0 Å². The normalized spacial score (nSPS) is 10.7. The average molecular weight is 362 g/mol. The van der Waals surface area contributed by atoms with Crippen molar-refractivity contribution in [1.82, 2.24) is 15.0 Å². The van der Waals surface area contributed by atoms with Crippen LogP contribution in [0.5, 0.6) is 0 Å². The molecule has 0 radical (unpaired) electrons. The van der Waals surface area contributed by atoms with Crippen LogP contribution in [-0.2, 0) is 0 Å². The first-order chi connectivity index (χ1) is 10.1. The van der Waals surface area contributed by atoms with E-state index in [0.29, 0.717) is 5.03 Å². The van der Waals surface area contributed by atoms with Gasteiger partial charge in [0.25, 0.3) is 0 Å². The second-order valence-corrected chi connectivity index (χ2v) is 6.10. The molecule has 0 spiro atoms. The molecule has 3 aromatic rings. The molecule has 3 aromatic heterocycles. The monoisotopic (exact) mass is 361 g/mol. The number of hydrogen-bond donors (Lipinski definition) is 1. The van der Waals surface area contributed by atoms with E-state index in [-0.39, 0.29) is 5.56 Å². The van der Waals surface area contributed by atoms with Gasteiger partial charge in [-0.2, -0.15) is 0 Å². The molecular formula is C14H8BrN3O2S. The first-order valence-corrected chi connectivity index (χ1v) is 7.52. The van der Waals surface area contributed by atoms with Gasteiger partial charge in [0, 0.05) is 28.0 Å². The fourth-order valence-electron chi connectivity index (χ4n) is 1.77. The number of fused-ring (bicyclic) bond motifs is 1. The third-order valence-electron chi connectivity index (χ3n) is 2.70. The highest BCUT2D eigenvalue weighted by Crippen LogP contribution is 2.31. The van der Waals surface area contributed by atoms with E-state index in [1.807, 2.05) is 12.1 Å². The molecule has 0 amide bonds. The van der Waals surface area contributed by atoms with Crippen LogP contribution in [0.15, 0.2) is 57.3 Å². The van der Waals surface area contributed by atoms with Gasteiger partial charge in [-0.15, -0.1) is 0 Å². The van der Waals surface area contributed by atoms with E-state index in [0.717, 1.165) is 20.4 Å². The molecular weight excluding hydrogens is 354 g/mol.